The highest BCUT2D eigenvalue weighted by molar-refractivity contribution is 5.93. The third-order valence-corrected chi connectivity index (χ3v) is 2.50. The van der Waals surface area contributed by atoms with Crippen LogP contribution in [0.1, 0.15) is 17.3 Å². The molecule has 0 aliphatic heterocycles. The van der Waals surface area contributed by atoms with E-state index in [-0.39, 0.29) is 5.97 Å². The maximum atomic E-state index is 11.5. The van der Waals surface area contributed by atoms with E-state index in [9.17, 15) is 4.79 Å². The van der Waals surface area contributed by atoms with Crippen molar-refractivity contribution in [3.63, 3.8) is 0 Å². The van der Waals surface area contributed by atoms with Crippen LogP contribution in [-0.4, -0.2) is 12.6 Å². The molecule has 0 amide bonds. The number of carbonyl (C=O) groups excluding carboxylic acids is 1. The molecule has 0 saturated heterocycles. The molecule has 0 fully saturated rings. The molecule has 0 unspecified atom stereocenters. The lowest BCUT2D eigenvalue weighted by Gasteiger charge is -2.02. The average molecular weight is 216 g/mol. The second-order valence-electron chi connectivity index (χ2n) is 3.61. The molecule has 1 aromatic heterocycles. The summed E-state index contributed by atoms with van der Waals surface area (Å²) in [6, 6.07) is 9.52. The Morgan fingerprint density at radius 1 is 1.38 bits per heavy atom. The summed E-state index contributed by atoms with van der Waals surface area (Å²) in [5.74, 6) is -0.268. The summed E-state index contributed by atoms with van der Waals surface area (Å²) in [5, 5.41) is 1.04. The van der Waals surface area contributed by atoms with Crippen LogP contribution in [0.4, 0.5) is 0 Å². The van der Waals surface area contributed by atoms with Gasteiger partial charge in [-0.15, -0.1) is 0 Å². The molecule has 3 heteroatoms. The first-order valence-corrected chi connectivity index (χ1v) is 5.28. The van der Waals surface area contributed by atoms with E-state index in [0.29, 0.717) is 12.2 Å². The smallest absolute Gasteiger partial charge is 0.338 e. The maximum Gasteiger partial charge on any atom is 0.338 e. The number of pyridine rings is 1. The van der Waals surface area contributed by atoms with Crippen LogP contribution in [0, 0.1) is 0 Å². The average Bonchev–Trinajstić information content (AvgIpc) is 2.29. The second-order valence-corrected chi connectivity index (χ2v) is 3.61. The fourth-order valence-electron chi connectivity index (χ4n) is 1.71. The highest BCUT2D eigenvalue weighted by Gasteiger charge is 2.10. The van der Waals surface area contributed by atoms with Crippen LogP contribution in [-0.2, 0) is 11.8 Å². The number of benzene rings is 1. The number of ether oxygens (including phenoxy) is 1. The summed E-state index contributed by atoms with van der Waals surface area (Å²) < 4.78 is 6.98. The number of nitrogens with zero attached hydrogens (tertiary/aromatic N) is 1. The quantitative estimate of drug-likeness (QED) is 0.566. The molecule has 0 atom stereocenters. The van der Waals surface area contributed by atoms with Crippen molar-refractivity contribution < 1.29 is 14.1 Å². The summed E-state index contributed by atoms with van der Waals surface area (Å²) in [5.41, 5.74) is 1.69. The van der Waals surface area contributed by atoms with Gasteiger partial charge in [-0.3, -0.25) is 0 Å². The largest absolute Gasteiger partial charge is 0.462 e. The maximum absolute atomic E-state index is 11.5. The Kier molecular flexibility index (Phi) is 2.86. The first-order chi connectivity index (χ1) is 7.72. The van der Waals surface area contributed by atoms with Crippen molar-refractivity contribution >= 4 is 16.9 Å². The van der Waals surface area contributed by atoms with Gasteiger partial charge in [-0.2, -0.15) is 0 Å². The van der Waals surface area contributed by atoms with Gasteiger partial charge in [0.1, 0.15) is 7.05 Å². The highest BCUT2D eigenvalue weighted by Crippen LogP contribution is 2.12. The Bertz CT molecular complexity index is 534. The summed E-state index contributed by atoms with van der Waals surface area (Å²) in [4.78, 5) is 11.5. The molecule has 0 bridgehead atoms. The molecule has 2 rings (SSSR count). The summed E-state index contributed by atoms with van der Waals surface area (Å²) >= 11 is 0. The van der Waals surface area contributed by atoms with Crippen molar-refractivity contribution in [2.24, 2.45) is 7.05 Å². The molecule has 0 N–H and O–H groups in total. The molecular formula is C13H14NO2+. The highest BCUT2D eigenvalue weighted by atomic mass is 16.5. The van der Waals surface area contributed by atoms with Crippen LogP contribution in [0.25, 0.3) is 10.9 Å². The van der Waals surface area contributed by atoms with E-state index in [1.807, 2.05) is 42.1 Å². The molecule has 0 aliphatic carbocycles. The van der Waals surface area contributed by atoms with Gasteiger partial charge in [-0.05, 0) is 25.1 Å². The van der Waals surface area contributed by atoms with E-state index >= 15 is 0 Å². The lowest BCUT2D eigenvalue weighted by Crippen LogP contribution is -2.27. The van der Waals surface area contributed by atoms with Gasteiger partial charge in [0, 0.05) is 17.5 Å². The summed E-state index contributed by atoms with van der Waals surface area (Å²) in [7, 11) is 1.98. The van der Waals surface area contributed by atoms with Gasteiger partial charge in [-0.25, -0.2) is 9.36 Å². The fourth-order valence-corrected chi connectivity index (χ4v) is 1.71. The van der Waals surface area contributed by atoms with Gasteiger partial charge >= 0.3 is 5.97 Å². The molecule has 3 nitrogen and oxygen atoms in total. The van der Waals surface area contributed by atoms with Gasteiger partial charge in [-0.1, -0.05) is 0 Å². The van der Waals surface area contributed by atoms with Crippen LogP contribution in [0.15, 0.2) is 36.5 Å². The first-order valence-electron chi connectivity index (χ1n) is 5.28. The Morgan fingerprint density at radius 2 is 2.19 bits per heavy atom. The molecule has 0 saturated carbocycles. The van der Waals surface area contributed by atoms with Gasteiger partial charge in [0.15, 0.2) is 6.20 Å². The summed E-state index contributed by atoms with van der Waals surface area (Å²) in [6.45, 7) is 2.21. The lowest BCUT2D eigenvalue weighted by atomic mass is 10.1. The Balaban J connectivity index is 2.48. The number of hydrogen-bond donors (Lipinski definition) is 0. The van der Waals surface area contributed by atoms with Crippen LogP contribution >= 0.6 is 0 Å². The van der Waals surface area contributed by atoms with Crippen molar-refractivity contribution in [3.8, 4) is 0 Å². The van der Waals surface area contributed by atoms with Crippen molar-refractivity contribution in [2.75, 3.05) is 6.61 Å². The predicted octanol–water partition coefficient (Wildman–Crippen LogP) is 1.84. The Labute approximate surface area is 94.3 Å². The number of rotatable bonds is 2. The molecule has 0 spiro atoms. The molecule has 0 aliphatic rings. The SMILES string of the molecule is CCOC(=O)c1ccc2c(ccc[n+]2C)c1. The third-order valence-electron chi connectivity index (χ3n) is 2.50. The molecule has 1 aromatic carbocycles. The van der Waals surface area contributed by atoms with Gasteiger partial charge < -0.3 is 4.74 Å². The van der Waals surface area contributed by atoms with Crippen LogP contribution in [0.5, 0.6) is 0 Å². The van der Waals surface area contributed by atoms with E-state index < -0.39 is 0 Å². The molecule has 1 heterocycles. The van der Waals surface area contributed by atoms with Crippen LogP contribution in [0.3, 0.4) is 0 Å². The van der Waals surface area contributed by atoms with Gasteiger partial charge in [0.2, 0.25) is 5.52 Å². The van der Waals surface area contributed by atoms with Crippen molar-refractivity contribution in [3.05, 3.63) is 42.1 Å². The number of carbonyl (C=O) groups is 1. The lowest BCUT2D eigenvalue weighted by molar-refractivity contribution is -0.644. The molecular weight excluding hydrogens is 202 g/mol. The van der Waals surface area contributed by atoms with Crippen molar-refractivity contribution in [1.29, 1.82) is 0 Å². The topological polar surface area (TPSA) is 30.2 Å². The van der Waals surface area contributed by atoms with E-state index in [2.05, 4.69) is 0 Å². The zero-order valence-corrected chi connectivity index (χ0v) is 9.43. The third kappa shape index (κ3) is 1.89. The zero-order valence-electron chi connectivity index (χ0n) is 9.43. The normalized spacial score (nSPS) is 10.4. The number of fused-ring (bicyclic) bond motifs is 1. The zero-order chi connectivity index (χ0) is 11.5. The van der Waals surface area contributed by atoms with E-state index in [4.69, 9.17) is 4.74 Å². The molecule has 16 heavy (non-hydrogen) atoms. The number of hydrogen-bond acceptors (Lipinski definition) is 2. The standard InChI is InChI=1S/C13H14NO2/c1-3-16-13(15)11-6-7-12-10(9-11)5-4-8-14(12)2/h4-9H,3H2,1-2H3/q+1. The Hall–Kier alpha value is -1.90. The second kappa shape index (κ2) is 4.31. The molecule has 0 radical (unpaired) electrons. The van der Waals surface area contributed by atoms with Crippen LogP contribution in [0.2, 0.25) is 0 Å². The summed E-state index contributed by atoms with van der Waals surface area (Å²) in [6.07, 6.45) is 1.98. The fraction of sp³-hybridized carbons (Fsp3) is 0.231. The van der Waals surface area contributed by atoms with Crippen LogP contribution < -0.4 is 4.57 Å². The number of esters is 1. The van der Waals surface area contributed by atoms with Gasteiger partial charge in [0.25, 0.3) is 0 Å². The minimum absolute atomic E-state index is 0.268. The monoisotopic (exact) mass is 216 g/mol. The molecule has 2 aromatic rings. The van der Waals surface area contributed by atoms with E-state index in [1.54, 1.807) is 13.0 Å². The number of aryl methyl sites for hydroxylation is 1. The van der Waals surface area contributed by atoms with Crippen molar-refractivity contribution in [2.45, 2.75) is 6.92 Å². The number of aromatic nitrogens is 1. The van der Waals surface area contributed by atoms with E-state index in [1.165, 1.54) is 0 Å². The molecule has 82 valence electrons. The minimum atomic E-state index is -0.268. The minimum Gasteiger partial charge on any atom is -0.462 e. The predicted molar refractivity (Wildman–Crippen MR) is 61.1 cm³/mol. The Morgan fingerprint density at radius 3 is 2.94 bits per heavy atom. The van der Waals surface area contributed by atoms with Gasteiger partial charge in [0.05, 0.1) is 12.2 Å². The van der Waals surface area contributed by atoms with E-state index in [0.717, 1.165) is 10.9 Å². The first kappa shape index (κ1) is 10.6. The van der Waals surface area contributed by atoms with Crippen molar-refractivity contribution in [1.82, 2.24) is 0 Å².